The summed E-state index contributed by atoms with van der Waals surface area (Å²) in [7, 11) is 0. The van der Waals surface area contributed by atoms with Gasteiger partial charge in [-0.1, -0.05) is 12.1 Å². The first kappa shape index (κ1) is 19.1. The van der Waals surface area contributed by atoms with Gasteiger partial charge < -0.3 is 14.8 Å². The zero-order valence-corrected chi connectivity index (χ0v) is 16.7. The van der Waals surface area contributed by atoms with Gasteiger partial charge in [0.25, 0.3) is 5.69 Å². The van der Waals surface area contributed by atoms with Crippen LogP contribution in [0.4, 0.5) is 11.4 Å². The molecule has 0 unspecified atom stereocenters. The minimum absolute atomic E-state index is 0.105. The Bertz CT molecular complexity index is 1060. The minimum Gasteiger partial charge on any atom is -0.360 e. The molecule has 150 valence electrons. The van der Waals surface area contributed by atoms with Crippen LogP contribution in [0.2, 0.25) is 0 Å². The number of aromatic nitrogens is 1. The number of anilines is 1. The van der Waals surface area contributed by atoms with Crippen molar-refractivity contribution in [3.63, 3.8) is 0 Å². The number of carbonyl (C=O) groups excluding carboxylic acids is 1. The number of nitrogens with one attached hydrogen (secondary N) is 2. The predicted molar refractivity (Wildman–Crippen MR) is 113 cm³/mol. The molecule has 0 bridgehead atoms. The third kappa shape index (κ3) is 3.86. The third-order valence-corrected chi connectivity index (χ3v) is 5.73. The summed E-state index contributed by atoms with van der Waals surface area (Å²) in [5.41, 5.74) is 5.02. The van der Waals surface area contributed by atoms with Gasteiger partial charge in [0.15, 0.2) is 0 Å². The lowest BCUT2D eigenvalue weighted by Crippen LogP contribution is -3.15. The molecule has 1 saturated heterocycles. The number of H-pyrrole nitrogens is 1. The maximum absolute atomic E-state index is 13.0. The van der Waals surface area contributed by atoms with Crippen molar-refractivity contribution in [1.29, 1.82) is 0 Å². The topological polar surface area (TPSA) is 83.7 Å². The van der Waals surface area contributed by atoms with Gasteiger partial charge in [0.1, 0.15) is 6.54 Å². The first-order valence-electron chi connectivity index (χ1n) is 9.87. The Morgan fingerprint density at radius 3 is 2.48 bits per heavy atom. The van der Waals surface area contributed by atoms with E-state index in [1.54, 1.807) is 24.3 Å². The molecule has 1 aromatic heterocycles. The molecular weight excluding hydrogens is 368 g/mol. The Kier molecular flexibility index (Phi) is 5.07. The first-order chi connectivity index (χ1) is 13.9. The van der Waals surface area contributed by atoms with Gasteiger partial charge in [-0.05, 0) is 37.6 Å². The smallest absolute Gasteiger partial charge is 0.269 e. The highest BCUT2D eigenvalue weighted by molar-refractivity contribution is 6.09. The molecule has 1 fully saturated rings. The highest BCUT2D eigenvalue weighted by Crippen LogP contribution is 2.23. The second-order valence-electron chi connectivity index (χ2n) is 7.78. The van der Waals surface area contributed by atoms with Gasteiger partial charge in [0, 0.05) is 34.4 Å². The number of nitrogens with zero attached hydrogens (tertiary/aromatic N) is 2. The number of fused-ring (bicyclic) bond motifs is 1. The predicted octanol–water partition coefficient (Wildman–Crippen LogP) is 2.28. The molecular formula is C22H25N4O3+. The van der Waals surface area contributed by atoms with Crippen molar-refractivity contribution >= 4 is 28.1 Å². The number of ketones is 1. The Labute approximate surface area is 169 Å². The monoisotopic (exact) mass is 393 g/mol. The Balaban J connectivity index is 1.40. The highest BCUT2D eigenvalue weighted by Gasteiger charge is 2.25. The molecule has 1 aliphatic heterocycles. The molecule has 0 atom stereocenters. The molecule has 0 saturated carbocycles. The van der Waals surface area contributed by atoms with Gasteiger partial charge in [-0.3, -0.25) is 14.9 Å². The van der Waals surface area contributed by atoms with E-state index in [1.165, 1.54) is 10.5 Å². The summed E-state index contributed by atoms with van der Waals surface area (Å²) in [5.74, 6) is 0.177. The number of piperazine rings is 1. The van der Waals surface area contributed by atoms with Gasteiger partial charge in [0.2, 0.25) is 5.78 Å². The number of quaternary nitrogens is 1. The number of benzene rings is 2. The Hall–Kier alpha value is -3.19. The summed E-state index contributed by atoms with van der Waals surface area (Å²) in [6.45, 7) is 7.87. The average molecular weight is 393 g/mol. The normalized spacial score (nSPS) is 15.0. The van der Waals surface area contributed by atoms with E-state index < -0.39 is 0 Å². The van der Waals surface area contributed by atoms with E-state index in [4.69, 9.17) is 0 Å². The van der Waals surface area contributed by atoms with Crippen molar-refractivity contribution in [2.45, 2.75) is 13.8 Å². The Morgan fingerprint density at radius 2 is 1.83 bits per heavy atom. The van der Waals surface area contributed by atoms with E-state index in [0.717, 1.165) is 54.0 Å². The lowest BCUT2D eigenvalue weighted by Gasteiger charge is -2.33. The summed E-state index contributed by atoms with van der Waals surface area (Å²) in [6.07, 6.45) is 0. The number of aryl methyl sites for hydroxylation is 2. The van der Waals surface area contributed by atoms with Crippen molar-refractivity contribution < 1.29 is 14.6 Å². The van der Waals surface area contributed by atoms with Gasteiger partial charge in [-0.25, -0.2) is 0 Å². The second-order valence-corrected chi connectivity index (χ2v) is 7.78. The van der Waals surface area contributed by atoms with Gasteiger partial charge in [-0.2, -0.15) is 0 Å². The Morgan fingerprint density at radius 1 is 1.14 bits per heavy atom. The maximum atomic E-state index is 13.0. The average Bonchev–Trinajstić information content (AvgIpc) is 3.03. The minimum atomic E-state index is -0.383. The summed E-state index contributed by atoms with van der Waals surface area (Å²) >= 11 is 0. The van der Waals surface area contributed by atoms with Crippen LogP contribution in [0.1, 0.15) is 21.6 Å². The van der Waals surface area contributed by atoms with Crippen LogP contribution >= 0.6 is 0 Å². The van der Waals surface area contributed by atoms with Gasteiger partial charge in [-0.15, -0.1) is 0 Å². The molecule has 1 aliphatic rings. The molecule has 2 heterocycles. The largest absolute Gasteiger partial charge is 0.360 e. The maximum Gasteiger partial charge on any atom is 0.269 e. The molecule has 0 aliphatic carbocycles. The number of aromatic amines is 1. The third-order valence-electron chi connectivity index (χ3n) is 5.73. The fourth-order valence-corrected chi connectivity index (χ4v) is 4.16. The summed E-state index contributed by atoms with van der Waals surface area (Å²) in [5, 5.41) is 11.8. The van der Waals surface area contributed by atoms with E-state index in [-0.39, 0.29) is 16.4 Å². The van der Waals surface area contributed by atoms with Crippen molar-refractivity contribution in [3.8, 4) is 0 Å². The van der Waals surface area contributed by atoms with Crippen LogP contribution in [-0.2, 0) is 0 Å². The molecule has 3 aromatic rings. The molecule has 0 radical (unpaired) electrons. The van der Waals surface area contributed by atoms with E-state index in [1.807, 2.05) is 26.0 Å². The zero-order chi connectivity index (χ0) is 20.5. The van der Waals surface area contributed by atoms with Crippen molar-refractivity contribution in [1.82, 2.24) is 4.98 Å². The number of nitro groups is 1. The molecule has 7 nitrogen and oxygen atoms in total. The van der Waals surface area contributed by atoms with Crippen LogP contribution in [0.15, 0.2) is 42.5 Å². The SMILES string of the molecule is Cc1ccc2c(C(=O)C[NH+]3CCN(c4ccc([N+](=O)[O-])cc4)CC3)c(C)[nH]c2c1. The fraction of sp³-hybridized carbons (Fsp3) is 0.318. The quantitative estimate of drug-likeness (QED) is 0.396. The van der Waals surface area contributed by atoms with Crippen molar-refractivity contribution in [2.75, 3.05) is 37.6 Å². The van der Waals surface area contributed by atoms with E-state index in [9.17, 15) is 14.9 Å². The van der Waals surface area contributed by atoms with Crippen molar-refractivity contribution in [2.24, 2.45) is 0 Å². The van der Waals surface area contributed by atoms with Crippen LogP contribution in [0.3, 0.4) is 0 Å². The number of carbonyl (C=O) groups is 1. The zero-order valence-electron chi connectivity index (χ0n) is 16.7. The first-order valence-corrected chi connectivity index (χ1v) is 9.87. The molecule has 7 heteroatoms. The molecule has 29 heavy (non-hydrogen) atoms. The standard InChI is InChI=1S/C22H24N4O3/c1-15-3-8-19-20(13-15)23-16(2)22(19)21(27)14-24-9-11-25(12-10-24)17-4-6-18(7-5-17)26(28)29/h3-8,13,23H,9-12,14H2,1-2H3/p+1. The molecule has 4 rings (SSSR count). The molecule has 2 aromatic carbocycles. The number of non-ortho nitro benzene ring substituents is 1. The lowest BCUT2D eigenvalue weighted by atomic mass is 10.0. The van der Waals surface area contributed by atoms with Gasteiger partial charge in [0.05, 0.1) is 36.7 Å². The summed E-state index contributed by atoms with van der Waals surface area (Å²) in [4.78, 5) is 30.3. The summed E-state index contributed by atoms with van der Waals surface area (Å²) < 4.78 is 0. The number of hydrogen-bond acceptors (Lipinski definition) is 4. The number of nitro benzene ring substituents is 1. The van der Waals surface area contributed by atoms with Crippen LogP contribution < -0.4 is 9.80 Å². The molecule has 0 spiro atoms. The van der Waals surface area contributed by atoms with Crippen molar-refractivity contribution in [3.05, 3.63) is 69.4 Å². The van der Waals surface area contributed by atoms with Crippen LogP contribution in [0, 0.1) is 24.0 Å². The van der Waals surface area contributed by atoms with Crippen LogP contribution in [-0.4, -0.2) is 48.4 Å². The van der Waals surface area contributed by atoms with E-state index >= 15 is 0 Å². The molecule has 2 N–H and O–H groups in total. The van der Waals surface area contributed by atoms with E-state index in [2.05, 4.69) is 16.0 Å². The van der Waals surface area contributed by atoms with E-state index in [0.29, 0.717) is 6.54 Å². The number of rotatable bonds is 5. The van der Waals surface area contributed by atoms with Crippen LogP contribution in [0.5, 0.6) is 0 Å². The van der Waals surface area contributed by atoms with Gasteiger partial charge >= 0.3 is 0 Å². The summed E-state index contributed by atoms with van der Waals surface area (Å²) in [6, 6.07) is 12.8. The fourth-order valence-electron chi connectivity index (χ4n) is 4.16. The molecule has 0 amide bonds. The van der Waals surface area contributed by atoms with Crippen LogP contribution in [0.25, 0.3) is 10.9 Å². The number of Topliss-reactive ketones (excluding diaryl/α,β-unsaturated/α-hetero) is 1. The highest BCUT2D eigenvalue weighted by atomic mass is 16.6. The lowest BCUT2D eigenvalue weighted by molar-refractivity contribution is -0.892. The number of hydrogen-bond donors (Lipinski definition) is 2. The second kappa shape index (κ2) is 7.67.